The molecule has 1 aliphatic rings. The van der Waals surface area contributed by atoms with E-state index < -0.39 is 5.60 Å². The number of hydrogen-bond acceptors (Lipinski definition) is 8. The number of pyridine rings is 1. The molecule has 3 heterocycles. The van der Waals surface area contributed by atoms with Gasteiger partial charge in [0.05, 0.1) is 16.4 Å². The first-order valence-corrected chi connectivity index (χ1v) is 14.4. The predicted molar refractivity (Wildman–Crippen MR) is 159 cm³/mol. The van der Waals surface area contributed by atoms with Crippen molar-refractivity contribution in [3.63, 3.8) is 0 Å². The number of halogens is 1. The van der Waals surface area contributed by atoms with E-state index in [1.165, 1.54) is 0 Å². The molecule has 0 bridgehead atoms. The van der Waals surface area contributed by atoms with Crippen molar-refractivity contribution in [1.82, 2.24) is 29.9 Å². The van der Waals surface area contributed by atoms with Crippen molar-refractivity contribution in [3.8, 4) is 11.3 Å². The van der Waals surface area contributed by atoms with Gasteiger partial charge in [-0.25, -0.2) is 4.79 Å². The van der Waals surface area contributed by atoms with Crippen LogP contribution in [0.4, 0.5) is 16.7 Å². The van der Waals surface area contributed by atoms with E-state index in [-0.39, 0.29) is 12.1 Å². The third-order valence-electron chi connectivity index (χ3n) is 6.81. The van der Waals surface area contributed by atoms with Crippen molar-refractivity contribution in [2.75, 3.05) is 17.2 Å². The number of rotatable bonds is 8. The second kappa shape index (κ2) is 12.2. The third-order valence-corrected chi connectivity index (χ3v) is 7.37. The Kier molecular flexibility index (Phi) is 8.49. The normalized spacial score (nSPS) is 17.4. The maximum Gasteiger partial charge on any atom is 0.407 e. The maximum absolute atomic E-state index is 12.1. The van der Waals surface area contributed by atoms with Crippen molar-refractivity contribution in [2.24, 2.45) is 5.92 Å². The minimum absolute atomic E-state index is 0.148. The number of hydrogen-bond donors (Lipinski definition) is 3. The average Bonchev–Trinajstić information content (AvgIpc) is 3.31. The Morgan fingerprint density at radius 1 is 1.05 bits per heavy atom. The van der Waals surface area contributed by atoms with Gasteiger partial charge >= 0.3 is 6.09 Å². The van der Waals surface area contributed by atoms with Gasteiger partial charge in [-0.15, -0.1) is 0 Å². The lowest BCUT2D eigenvalue weighted by atomic mass is 9.86. The minimum Gasteiger partial charge on any atom is -0.444 e. The van der Waals surface area contributed by atoms with E-state index in [1.54, 1.807) is 16.9 Å². The van der Waals surface area contributed by atoms with E-state index in [2.05, 4.69) is 71.2 Å². The van der Waals surface area contributed by atoms with Crippen LogP contribution in [0, 0.1) is 5.92 Å². The summed E-state index contributed by atoms with van der Waals surface area (Å²) in [6.45, 7) is 6.97. The van der Waals surface area contributed by atoms with Gasteiger partial charge in [-0.1, -0.05) is 30.3 Å². The summed E-state index contributed by atoms with van der Waals surface area (Å²) in [5.41, 5.74) is 3.34. The molecule has 1 fully saturated rings. The lowest BCUT2D eigenvalue weighted by Crippen LogP contribution is -2.41. The van der Waals surface area contributed by atoms with Gasteiger partial charge in [0.25, 0.3) is 0 Å². The fourth-order valence-electron chi connectivity index (χ4n) is 4.77. The van der Waals surface area contributed by atoms with Crippen LogP contribution >= 0.6 is 15.9 Å². The van der Waals surface area contributed by atoms with E-state index in [0.717, 1.165) is 53.5 Å². The molecule has 0 spiro atoms. The van der Waals surface area contributed by atoms with Crippen LogP contribution in [-0.4, -0.2) is 48.8 Å². The zero-order valence-electron chi connectivity index (χ0n) is 23.0. The summed E-state index contributed by atoms with van der Waals surface area (Å²) >= 11 is 3.55. The smallest absolute Gasteiger partial charge is 0.407 e. The molecule has 1 aromatic carbocycles. The standard InChI is InChI=1S/C29H35BrN8O2/c1-29(2,3)40-28(39)35-22-13-9-20(10-14-22)16-32-26-36-25-23(30)18-34-38(25)27(37-26)33-17-19-7-11-21(12-8-19)24-6-4-5-15-31-24/h4-8,11-12,15,18,20,22H,9-10,13-14,16-17H2,1-3H3,(H,35,39)(H2,32,33,36,37)/t20-,22-. The molecule has 4 aromatic rings. The number of alkyl carbamates (subject to hydrolysis) is 1. The zero-order chi connectivity index (χ0) is 28.1. The van der Waals surface area contributed by atoms with Gasteiger partial charge < -0.3 is 20.7 Å². The van der Waals surface area contributed by atoms with Crippen LogP contribution in [0.1, 0.15) is 52.0 Å². The highest BCUT2D eigenvalue weighted by molar-refractivity contribution is 9.10. The quantitative estimate of drug-likeness (QED) is 0.221. The lowest BCUT2D eigenvalue weighted by Gasteiger charge is -2.30. The summed E-state index contributed by atoms with van der Waals surface area (Å²) in [7, 11) is 0. The average molecular weight is 608 g/mol. The van der Waals surface area contributed by atoms with Crippen molar-refractivity contribution >= 4 is 39.6 Å². The zero-order valence-corrected chi connectivity index (χ0v) is 24.6. The Labute approximate surface area is 242 Å². The van der Waals surface area contributed by atoms with Crippen molar-refractivity contribution < 1.29 is 9.53 Å². The largest absolute Gasteiger partial charge is 0.444 e. The lowest BCUT2D eigenvalue weighted by molar-refractivity contribution is 0.0488. The van der Waals surface area contributed by atoms with Gasteiger partial charge in [-0.05, 0) is 86.0 Å². The molecule has 0 saturated heterocycles. The fraction of sp³-hybridized carbons (Fsp3) is 0.414. The molecule has 1 aliphatic carbocycles. The maximum atomic E-state index is 12.1. The fourth-order valence-corrected chi connectivity index (χ4v) is 5.12. The molecule has 0 radical (unpaired) electrons. The van der Waals surface area contributed by atoms with Crippen LogP contribution in [-0.2, 0) is 11.3 Å². The van der Waals surface area contributed by atoms with Crippen LogP contribution in [0.2, 0.25) is 0 Å². The SMILES string of the molecule is CC(C)(C)OC(=O)N[C@H]1CC[C@H](CNc2nc(NCc3ccc(-c4ccccn4)cc3)n3ncc(Br)c3n2)CC1. The number of anilines is 2. The van der Waals surface area contributed by atoms with Gasteiger partial charge in [0.15, 0.2) is 5.65 Å². The molecule has 1 amide bonds. The van der Waals surface area contributed by atoms with E-state index in [4.69, 9.17) is 9.72 Å². The number of nitrogens with zero attached hydrogens (tertiary/aromatic N) is 5. The van der Waals surface area contributed by atoms with Crippen LogP contribution in [0.5, 0.6) is 0 Å². The van der Waals surface area contributed by atoms with E-state index in [9.17, 15) is 4.79 Å². The second-order valence-corrected chi connectivity index (χ2v) is 12.0. The molecule has 1 saturated carbocycles. The summed E-state index contributed by atoms with van der Waals surface area (Å²) in [4.78, 5) is 25.9. The Bertz CT molecular complexity index is 1430. The molecule has 0 aliphatic heterocycles. The monoisotopic (exact) mass is 606 g/mol. The number of carbonyl (C=O) groups excluding carboxylic acids is 1. The number of fused-ring (bicyclic) bond motifs is 1. The summed E-state index contributed by atoms with van der Waals surface area (Å²) in [5, 5.41) is 14.3. The Balaban J connectivity index is 1.18. The van der Waals surface area contributed by atoms with Gasteiger partial charge in [-0.3, -0.25) is 4.98 Å². The van der Waals surface area contributed by atoms with Gasteiger partial charge in [0.1, 0.15) is 5.60 Å². The molecule has 3 N–H and O–H groups in total. The van der Waals surface area contributed by atoms with Crippen LogP contribution in [0.15, 0.2) is 59.3 Å². The molecule has 210 valence electrons. The number of aromatic nitrogens is 5. The Morgan fingerprint density at radius 3 is 2.52 bits per heavy atom. The van der Waals surface area contributed by atoms with Crippen molar-refractivity contribution in [1.29, 1.82) is 0 Å². The summed E-state index contributed by atoms with van der Waals surface area (Å²) in [6, 6.07) is 14.4. The predicted octanol–water partition coefficient (Wildman–Crippen LogP) is 6.06. The molecule has 5 rings (SSSR count). The van der Waals surface area contributed by atoms with E-state index >= 15 is 0 Å². The van der Waals surface area contributed by atoms with Crippen LogP contribution in [0.3, 0.4) is 0 Å². The number of nitrogens with one attached hydrogen (secondary N) is 3. The molecular formula is C29H35BrN8O2. The Morgan fingerprint density at radius 2 is 1.82 bits per heavy atom. The van der Waals surface area contributed by atoms with E-state index in [1.807, 2.05) is 39.0 Å². The van der Waals surface area contributed by atoms with Gasteiger partial charge in [0, 0.05) is 30.9 Å². The number of amides is 1. The van der Waals surface area contributed by atoms with Gasteiger partial charge in [0.2, 0.25) is 11.9 Å². The van der Waals surface area contributed by atoms with Gasteiger partial charge in [-0.2, -0.15) is 19.6 Å². The molecule has 10 nitrogen and oxygen atoms in total. The van der Waals surface area contributed by atoms with Crippen molar-refractivity contribution in [3.05, 3.63) is 64.9 Å². The molecule has 0 atom stereocenters. The molecule has 11 heteroatoms. The summed E-state index contributed by atoms with van der Waals surface area (Å²) in [5.74, 6) is 1.63. The molecule has 40 heavy (non-hydrogen) atoms. The highest BCUT2D eigenvalue weighted by Gasteiger charge is 2.25. The summed E-state index contributed by atoms with van der Waals surface area (Å²) in [6.07, 6.45) is 7.04. The number of ether oxygens (including phenoxy) is 1. The third kappa shape index (κ3) is 7.26. The molecule has 3 aromatic heterocycles. The first kappa shape index (κ1) is 27.8. The topological polar surface area (TPSA) is 118 Å². The first-order valence-electron chi connectivity index (χ1n) is 13.6. The van der Waals surface area contributed by atoms with E-state index in [0.29, 0.717) is 30.0 Å². The summed E-state index contributed by atoms with van der Waals surface area (Å²) < 4.78 is 7.90. The number of carbonyl (C=O) groups is 1. The highest BCUT2D eigenvalue weighted by atomic mass is 79.9. The first-order chi connectivity index (χ1) is 19.2. The minimum atomic E-state index is -0.491. The van der Waals surface area contributed by atoms with Crippen molar-refractivity contribution in [2.45, 2.75) is 64.6 Å². The number of benzene rings is 1. The highest BCUT2D eigenvalue weighted by Crippen LogP contribution is 2.26. The Hall–Kier alpha value is -3.73. The second-order valence-electron chi connectivity index (χ2n) is 11.1. The van der Waals surface area contributed by atoms with Crippen LogP contribution < -0.4 is 16.0 Å². The van der Waals surface area contributed by atoms with Crippen LogP contribution in [0.25, 0.3) is 16.9 Å². The molecule has 0 unspecified atom stereocenters. The molecular weight excluding hydrogens is 572 g/mol.